The molecule has 3 amide bonds. The Kier molecular flexibility index (Phi) is 5.84. The van der Waals surface area contributed by atoms with Gasteiger partial charge in [0.15, 0.2) is 12.2 Å². The predicted molar refractivity (Wildman–Crippen MR) is 113 cm³/mol. The maximum Gasteiger partial charge on any atom is 0.330 e. The summed E-state index contributed by atoms with van der Waals surface area (Å²) >= 11 is 0. The van der Waals surface area contributed by atoms with Crippen molar-refractivity contribution in [2.75, 3.05) is 34.0 Å². The van der Waals surface area contributed by atoms with Crippen molar-refractivity contribution in [1.82, 2.24) is 10.2 Å². The molecule has 1 unspecified atom stereocenters. The maximum atomic E-state index is 13.8. The van der Waals surface area contributed by atoms with Gasteiger partial charge in [-0.25, -0.2) is 9.69 Å². The van der Waals surface area contributed by atoms with Crippen molar-refractivity contribution in [2.24, 2.45) is 0 Å². The molecule has 0 saturated carbocycles. The third-order valence-electron chi connectivity index (χ3n) is 6.13. The molecule has 0 spiro atoms. The van der Waals surface area contributed by atoms with Crippen LogP contribution in [0.5, 0.6) is 11.5 Å². The van der Waals surface area contributed by atoms with Crippen LogP contribution in [0, 0.1) is 0 Å². The number of aliphatic hydroxyl groups is 1. The number of imide groups is 1. The van der Waals surface area contributed by atoms with Crippen LogP contribution in [0.15, 0.2) is 48.5 Å². The monoisotopic (exact) mass is 426 g/mol. The van der Waals surface area contributed by atoms with Crippen LogP contribution < -0.4 is 19.7 Å². The first-order chi connectivity index (χ1) is 15.0. The SMILES string of the molecule is COc1ccc(C2(c3ccc(OC)cc3)NC(=O)N(C[NH+]3CCC[C@H](O)C3)C2=O)cc1. The molecule has 2 saturated heterocycles. The average molecular weight is 426 g/mol. The minimum atomic E-state index is -1.34. The zero-order valence-electron chi connectivity index (χ0n) is 17.8. The van der Waals surface area contributed by atoms with Gasteiger partial charge in [0.1, 0.15) is 24.1 Å². The molecule has 2 aromatic carbocycles. The molecule has 2 fully saturated rings. The Bertz CT molecular complexity index is 897. The van der Waals surface area contributed by atoms with E-state index in [0.717, 1.165) is 24.3 Å². The van der Waals surface area contributed by atoms with E-state index in [0.29, 0.717) is 29.2 Å². The normalized spacial score (nSPS) is 22.9. The van der Waals surface area contributed by atoms with E-state index in [-0.39, 0.29) is 12.6 Å². The van der Waals surface area contributed by atoms with Crippen LogP contribution >= 0.6 is 0 Å². The summed E-state index contributed by atoms with van der Waals surface area (Å²) < 4.78 is 10.5. The van der Waals surface area contributed by atoms with Crippen molar-refractivity contribution < 1.29 is 29.1 Å². The fraction of sp³-hybridized carbons (Fsp3) is 0.391. The number of nitrogens with one attached hydrogen (secondary N) is 2. The number of hydrogen-bond acceptors (Lipinski definition) is 5. The lowest BCUT2D eigenvalue weighted by molar-refractivity contribution is -0.915. The number of ether oxygens (including phenoxy) is 2. The molecule has 164 valence electrons. The van der Waals surface area contributed by atoms with Crippen molar-refractivity contribution in [3.05, 3.63) is 59.7 Å². The van der Waals surface area contributed by atoms with Gasteiger partial charge in [0.2, 0.25) is 0 Å². The molecule has 3 N–H and O–H groups in total. The Morgan fingerprint density at radius 3 is 2.06 bits per heavy atom. The van der Waals surface area contributed by atoms with Crippen molar-refractivity contribution >= 4 is 11.9 Å². The first kappa shape index (κ1) is 21.1. The van der Waals surface area contributed by atoms with Crippen molar-refractivity contribution in [1.29, 1.82) is 0 Å². The minimum absolute atomic E-state index is 0.218. The van der Waals surface area contributed by atoms with Crippen LogP contribution in [0.3, 0.4) is 0 Å². The summed E-state index contributed by atoms with van der Waals surface area (Å²) in [6, 6.07) is 13.8. The second-order valence-corrected chi connectivity index (χ2v) is 8.03. The quantitative estimate of drug-likeness (QED) is 0.585. The molecule has 8 nitrogen and oxygen atoms in total. The molecule has 0 aliphatic carbocycles. The van der Waals surface area contributed by atoms with E-state index in [9.17, 15) is 14.7 Å². The second-order valence-electron chi connectivity index (χ2n) is 8.03. The lowest BCUT2D eigenvalue weighted by atomic mass is 9.82. The number of urea groups is 1. The number of carbonyl (C=O) groups excluding carboxylic acids is 2. The summed E-state index contributed by atoms with van der Waals surface area (Å²) in [4.78, 5) is 29.1. The smallest absolute Gasteiger partial charge is 0.330 e. The van der Waals surface area contributed by atoms with E-state index >= 15 is 0 Å². The lowest BCUT2D eigenvalue weighted by Crippen LogP contribution is -3.15. The van der Waals surface area contributed by atoms with E-state index in [2.05, 4.69) is 5.32 Å². The highest BCUT2D eigenvalue weighted by Gasteiger charge is 2.54. The zero-order valence-corrected chi connectivity index (χ0v) is 17.8. The summed E-state index contributed by atoms with van der Waals surface area (Å²) in [6.07, 6.45) is 1.21. The van der Waals surface area contributed by atoms with Crippen LogP contribution in [0.4, 0.5) is 4.79 Å². The molecular weight excluding hydrogens is 398 g/mol. The van der Waals surface area contributed by atoms with Gasteiger partial charge < -0.3 is 24.8 Å². The number of rotatable bonds is 6. The summed E-state index contributed by atoms with van der Waals surface area (Å²) in [6.45, 7) is 1.55. The zero-order chi connectivity index (χ0) is 22.0. The van der Waals surface area contributed by atoms with Gasteiger partial charge in [0, 0.05) is 0 Å². The molecule has 0 radical (unpaired) electrons. The number of aliphatic hydroxyl groups excluding tert-OH is 1. The topological polar surface area (TPSA) is 92.5 Å². The summed E-state index contributed by atoms with van der Waals surface area (Å²) in [5.41, 5.74) is -0.0512. The number of amides is 3. The summed E-state index contributed by atoms with van der Waals surface area (Å²) in [5.74, 6) is 0.989. The van der Waals surface area contributed by atoms with Crippen LogP contribution in [0.1, 0.15) is 24.0 Å². The Hall–Kier alpha value is -3.10. The number of methoxy groups -OCH3 is 2. The molecule has 8 heteroatoms. The highest BCUT2D eigenvalue weighted by Crippen LogP contribution is 2.37. The van der Waals surface area contributed by atoms with Gasteiger partial charge in [-0.05, 0) is 48.2 Å². The van der Waals surface area contributed by atoms with Gasteiger partial charge in [-0.3, -0.25) is 4.79 Å². The number of quaternary nitrogens is 1. The number of nitrogens with zero attached hydrogens (tertiary/aromatic N) is 1. The van der Waals surface area contributed by atoms with E-state index in [1.807, 2.05) is 0 Å². The number of hydrogen-bond donors (Lipinski definition) is 3. The van der Waals surface area contributed by atoms with Crippen LogP contribution in [-0.4, -0.2) is 62.0 Å². The molecule has 2 aliphatic rings. The van der Waals surface area contributed by atoms with Gasteiger partial charge in [0.25, 0.3) is 5.91 Å². The number of likely N-dealkylation sites (tertiary alicyclic amines) is 1. The molecule has 2 aliphatic heterocycles. The van der Waals surface area contributed by atoms with Crippen molar-refractivity contribution in [3.8, 4) is 11.5 Å². The van der Waals surface area contributed by atoms with Gasteiger partial charge in [-0.1, -0.05) is 24.3 Å². The fourth-order valence-corrected chi connectivity index (χ4v) is 4.45. The highest BCUT2D eigenvalue weighted by atomic mass is 16.5. The molecule has 2 aromatic rings. The average Bonchev–Trinajstić information content (AvgIpc) is 3.05. The van der Waals surface area contributed by atoms with Crippen molar-refractivity contribution in [3.63, 3.8) is 0 Å². The lowest BCUT2D eigenvalue weighted by Gasteiger charge is -2.31. The number of piperidine rings is 1. The first-order valence-corrected chi connectivity index (χ1v) is 10.4. The Labute approximate surface area is 181 Å². The van der Waals surface area contributed by atoms with E-state index in [1.54, 1.807) is 62.8 Å². The molecule has 0 aromatic heterocycles. The second kappa shape index (κ2) is 8.56. The Balaban J connectivity index is 1.73. The Morgan fingerprint density at radius 1 is 1.03 bits per heavy atom. The third kappa shape index (κ3) is 3.84. The van der Waals surface area contributed by atoms with E-state index < -0.39 is 17.7 Å². The highest BCUT2D eigenvalue weighted by molar-refractivity contribution is 6.09. The van der Waals surface area contributed by atoms with Gasteiger partial charge in [-0.2, -0.15) is 0 Å². The molecule has 2 heterocycles. The molecule has 4 rings (SSSR count). The fourth-order valence-electron chi connectivity index (χ4n) is 4.45. The van der Waals surface area contributed by atoms with Crippen LogP contribution in [-0.2, 0) is 10.3 Å². The summed E-state index contributed by atoms with van der Waals surface area (Å²) in [5, 5.41) is 12.9. The van der Waals surface area contributed by atoms with Gasteiger partial charge >= 0.3 is 6.03 Å². The minimum Gasteiger partial charge on any atom is -0.497 e. The first-order valence-electron chi connectivity index (χ1n) is 10.4. The maximum absolute atomic E-state index is 13.8. The molecular formula is C23H28N3O5+. The van der Waals surface area contributed by atoms with Crippen molar-refractivity contribution in [2.45, 2.75) is 24.5 Å². The standard InChI is InChI=1S/C23H27N3O5/c1-30-19-9-5-16(6-10-19)23(17-7-11-20(31-2)12-8-17)21(28)26(22(29)24-23)15-25-13-3-4-18(27)14-25/h5-12,18,27H,3-4,13-15H2,1-2H3,(H,24,29)/p+1/t18-/m0/s1. The number of benzene rings is 2. The van der Waals surface area contributed by atoms with Gasteiger partial charge in [-0.15, -0.1) is 0 Å². The molecule has 31 heavy (non-hydrogen) atoms. The largest absolute Gasteiger partial charge is 0.497 e. The summed E-state index contributed by atoms with van der Waals surface area (Å²) in [7, 11) is 3.16. The van der Waals surface area contributed by atoms with E-state index in [4.69, 9.17) is 9.47 Å². The number of carbonyl (C=O) groups is 2. The predicted octanol–water partition coefficient (Wildman–Crippen LogP) is 0.496. The molecule has 2 atom stereocenters. The van der Waals surface area contributed by atoms with Gasteiger partial charge in [0.05, 0.1) is 20.8 Å². The molecule has 0 bridgehead atoms. The van der Waals surface area contributed by atoms with Crippen LogP contribution in [0.2, 0.25) is 0 Å². The van der Waals surface area contributed by atoms with Crippen LogP contribution in [0.25, 0.3) is 0 Å². The third-order valence-corrected chi connectivity index (χ3v) is 6.13. The Morgan fingerprint density at radius 2 is 1.58 bits per heavy atom. The van der Waals surface area contributed by atoms with E-state index in [1.165, 1.54) is 4.90 Å².